The standard InChI is InChI=1S/C30H34F8O8S2/c1-3-5-7-9-23(47(41,42)43)25(39)19-11-15-21(16-12-19)27(31,32)29(35,36)30(37,38)28(33,34)22-17-13-20(14-18-22)26(40)24(48(44,45)46)10-8-6-4-2/h11-18,23-24H,3-10H2,1-2H3,(H,41,42,43)(H,44,45,46). The second-order valence-corrected chi connectivity index (χ2v) is 14.4. The van der Waals surface area contributed by atoms with E-state index in [1.54, 1.807) is 13.8 Å². The fraction of sp³-hybridized carbons (Fsp3) is 0.533. The minimum Gasteiger partial charge on any atom is -0.293 e. The monoisotopic (exact) mass is 738 g/mol. The molecular formula is C30H34F8O8S2. The summed E-state index contributed by atoms with van der Waals surface area (Å²) in [4.78, 5) is 25.3. The first kappa shape index (κ1) is 41.2. The van der Waals surface area contributed by atoms with Gasteiger partial charge in [-0.15, -0.1) is 0 Å². The van der Waals surface area contributed by atoms with Crippen molar-refractivity contribution in [2.45, 2.75) is 99.4 Å². The molecule has 48 heavy (non-hydrogen) atoms. The van der Waals surface area contributed by atoms with Crippen LogP contribution in [0.25, 0.3) is 0 Å². The van der Waals surface area contributed by atoms with Gasteiger partial charge < -0.3 is 0 Å². The number of unbranched alkanes of at least 4 members (excludes halogenated alkanes) is 4. The van der Waals surface area contributed by atoms with Gasteiger partial charge in [-0.2, -0.15) is 52.0 Å². The zero-order valence-electron chi connectivity index (χ0n) is 25.6. The van der Waals surface area contributed by atoms with Gasteiger partial charge in [-0.3, -0.25) is 18.7 Å². The number of alkyl halides is 8. The lowest BCUT2D eigenvalue weighted by atomic mass is 9.89. The molecule has 0 amide bonds. The zero-order chi connectivity index (χ0) is 36.9. The van der Waals surface area contributed by atoms with Crippen molar-refractivity contribution < 1.29 is 70.7 Å². The first-order valence-electron chi connectivity index (χ1n) is 14.6. The van der Waals surface area contributed by atoms with Crippen LogP contribution < -0.4 is 0 Å². The van der Waals surface area contributed by atoms with Crippen molar-refractivity contribution in [1.29, 1.82) is 0 Å². The number of ketones is 2. The molecule has 8 nitrogen and oxygen atoms in total. The van der Waals surface area contributed by atoms with Gasteiger partial charge in [0.05, 0.1) is 0 Å². The number of carbonyl (C=O) groups is 2. The molecule has 0 spiro atoms. The van der Waals surface area contributed by atoms with Crippen LogP contribution in [0.3, 0.4) is 0 Å². The van der Waals surface area contributed by atoms with E-state index < -0.39 is 88.2 Å². The minimum atomic E-state index is -6.81. The lowest BCUT2D eigenvalue weighted by Crippen LogP contribution is -2.59. The third-order valence-electron chi connectivity index (χ3n) is 7.69. The maximum Gasteiger partial charge on any atom is 0.382 e. The van der Waals surface area contributed by atoms with E-state index in [0.717, 1.165) is 0 Å². The van der Waals surface area contributed by atoms with E-state index in [4.69, 9.17) is 0 Å². The van der Waals surface area contributed by atoms with Crippen LogP contribution in [0.1, 0.15) is 97.1 Å². The van der Waals surface area contributed by atoms with Crippen LogP contribution >= 0.6 is 0 Å². The Morgan fingerprint density at radius 2 is 0.833 bits per heavy atom. The van der Waals surface area contributed by atoms with E-state index in [-0.39, 0.29) is 49.9 Å². The molecule has 0 aliphatic rings. The molecule has 0 fully saturated rings. The Hall–Kier alpha value is -2.96. The molecule has 2 unspecified atom stereocenters. The van der Waals surface area contributed by atoms with Crippen LogP contribution in [-0.4, -0.2) is 59.9 Å². The van der Waals surface area contributed by atoms with Gasteiger partial charge in [0.15, 0.2) is 11.6 Å². The molecule has 0 saturated carbocycles. The molecule has 0 heterocycles. The van der Waals surface area contributed by atoms with Crippen LogP contribution in [0, 0.1) is 0 Å². The highest BCUT2D eigenvalue weighted by atomic mass is 32.2. The summed E-state index contributed by atoms with van der Waals surface area (Å²) in [6.45, 7) is 3.49. The maximum atomic E-state index is 15.0. The number of hydrogen-bond acceptors (Lipinski definition) is 6. The van der Waals surface area contributed by atoms with Crippen LogP contribution in [-0.2, 0) is 32.1 Å². The maximum absolute atomic E-state index is 15.0. The summed E-state index contributed by atoms with van der Waals surface area (Å²) in [6, 6.07) is 1.79. The first-order valence-corrected chi connectivity index (χ1v) is 17.6. The predicted octanol–water partition coefficient (Wildman–Crippen LogP) is 7.88. The van der Waals surface area contributed by atoms with Crippen molar-refractivity contribution >= 4 is 31.8 Å². The number of benzene rings is 2. The van der Waals surface area contributed by atoms with E-state index in [9.17, 15) is 70.7 Å². The van der Waals surface area contributed by atoms with E-state index in [2.05, 4.69) is 0 Å². The molecule has 0 radical (unpaired) electrons. The Labute approximate surface area is 272 Å². The second-order valence-electron chi connectivity index (χ2n) is 11.2. The Bertz CT molecular complexity index is 1520. The molecule has 2 atom stereocenters. The van der Waals surface area contributed by atoms with Crippen molar-refractivity contribution in [2.24, 2.45) is 0 Å². The number of rotatable bonds is 19. The van der Waals surface area contributed by atoms with Crippen molar-refractivity contribution in [3.63, 3.8) is 0 Å². The zero-order valence-corrected chi connectivity index (χ0v) is 27.2. The summed E-state index contributed by atoms with van der Waals surface area (Å²) in [5.41, 5.74) is -5.22. The summed E-state index contributed by atoms with van der Waals surface area (Å²) >= 11 is 0. The number of Topliss-reactive ketones (excluding diaryl/α,β-unsaturated/α-hetero) is 2. The van der Waals surface area contributed by atoms with Crippen LogP contribution in [0.4, 0.5) is 35.1 Å². The van der Waals surface area contributed by atoms with E-state index >= 15 is 0 Å². The van der Waals surface area contributed by atoms with Crippen LogP contribution in [0.2, 0.25) is 0 Å². The topological polar surface area (TPSA) is 143 Å². The van der Waals surface area contributed by atoms with Gasteiger partial charge in [-0.05, 0) is 12.8 Å². The summed E-state index contributed by atoms with van der Waals surface area (Å²) in [6.07, 6.45) is 1.65. The SMILES string of the molecule is CCCCCC(C(=O)c1ccc(C(F)(F)C(F)(F)C(F)(F)C(F)(F)c2ccc(C(=O)C(CCCCC)S(=O)(=O)O)cc2)cc1)S(=O)(=O)O. The highest BCUT2D eigenvalue weighted by Gasteiger charge is 2.81. The third kappa shape index (κ3) is 8.60. The quantitative estimate of drug-likeness (QED) is 0.0642. The Kier molecular flexibility index (Phi) is 13.1. The molecule has 18 heteroatoms. The predicted molar refractivity (Wildman–Crippen MR) is 158 cm³/mol. The first-order chi connectivity index (χ1) is 21.9. The molecule has 2 aromatic carbocycles. The average molecular weight is 739 g/mol. The molecule has 2 rings (SSSR count). The minimum absolute atomic E-state index is 0.0506. The highest BCUT2D eigenvalue weighted by molar-refractivity contribution is 7.87. The van der Waals surface area contributed by atoms with E-state index in [0.29, 0.717) is 49.9 Å². The lowest BCUT2D eigenvalue weighted by molar-refractivity contribution is -0.374. The van der Waals surface area contributed by atoms with Gasteiger partial charge >= 0.3 is 23.7 Å². The lowest BCUT2D eigenvalue weighted by Gasteiger charge is -2.37. The third-order valence-corrected chi connectivity index (χ3v) is 10.0. The molecule has 0 aromatic heterocycles. The Balaban J connectivity index is 2.41. The van der Waals surface area contributed by atoms with E-state index in [1.165, 1.54) is 0 Å². The smallest absolute Gasteiger partial charge is 0.293 e. The summed E-state index contributed by atoms with van der Waals surface area (Å²) in [5, 5.41) is -4.08. The molecule has 2 N–H and O–H groups in total. The van der Waals surface area contributed by atoms with Crippen LogP contribution in [0.15, 0.2) is 48.5 Å². The second kappa shape index (κ2) is 15.3. The van der Waals surface area contributed by atoms with Gasteiger partial charge in [0.25, 0.3) is 20.2 Å². The molecule has 0 saturated heterocycles. The average Bonchev–Trinajstić information content (AvgIpc) is 2.99. The normalized spacial score (nSPS) is 14.8. The fourth-order valence-electron chi connectivity index (χ4n) is 4.81. The summed E-state index contributed by atoms with van der Waals surface area (Å²) in [7, 11) is -9.99. The Morgan fingerprint density at radius 3 is 1.06 bits per heavy atom. The van der Waals surface area contributed by atoms with Gasteiger partial charge in [0.2, 0.25) is 0 Å². The molecule has 2 aromatic rings. The van der Waals surface area contributed by atoms with Gasteiger partial charge in [-0.1, -0.05) is 101 Å². The molecule has 0 aliphatic heterocycles. The van der Waals surface area contributed by atoms with Crippen molar-refractivity contribution in [2.75, 3.05) is 0 Å². The molecular weight excluding hydrogens is 704 g/mol. The molecule has 270 valence electrons. The number of carbonyl (C=O) groups excluding carboxylic acids is 2. The number of halogens is 8. The molecule has 0 bridgehead atoms. The summed E-state index contributed by atoms with van der Waals surface area (Å²) < 4.78 is 185. The largest absolute Gasteiger partial charge is 0.382 e. The van der Waals surface area contributed by atoms with Crippen molar-refractivity contribution in [1.82, 2.24) is 0 Å². The fourth-order valence-corrected chi connectivity index (χ4v) is 6.55. The van der Waals surface area contributed by atoms with Crippen molar-refractivity contribution in [3.8, 4) is 0 Å². The molecule has 0 aliphatic carbocycles. The Morgan fingerprint density at radius 1 is 0.562 bits per heavy atom. The van der Waals surface area contributed by atoms with Gasteiger partial charge in [-0.25, -0.2) is 0 Å². The summed E-state index contributed by atoms with van der Waals surface area (Å²) in [5.74, 6) is -28.3. The van der Waals surface area contributed by atoms with E-state index in [1.807, 2.05) is 0 Å². The number of hydrogen-bond donors (Lipinski definition) is 2. The van der Waals surface area contributed by atoms with Crippen LogP contribution in [0.5, 0.6) is 0 Å². The van der Waals surface area contributed by atoms with Gasteiger partial charge in [0.1, 0.15) is 10.5 Å². The highest BCUT2D eigenvalue weighted by Crippen LogP contribution is 2.59. The van der Waals surface area contributed by atoms with Gasteiger partial charge in [0, 0.05) is 22.3 Å². The van der Waals surface area contributed by atoms with Crippen molar-refractivity contribution in [3.05, 3.63) is 70.8 Å².